The third-order valence-electron chi connectivity index (χ3n) is 4.02. The molecule has 0 saturated heterocycles. The normalized spacial score (nSPS) is 16.3. The van der Waals surface area contributed by atoms with Gasteiger partial charge in [0.1, 0.15) is 0 Å². The highest BCUT2D eigenvalue weighted by Gasteiger charge is 2.35. The molecule has 1 aromatic carbocycles. The minimum atomic E-state index is -3.54. The van der Waals surface area contributed by atoms with Crippen molar-refractivity contribution < 1.29 is 8.42 Å². The Labute approximate surface area is 124 Å². The lowest BCUT2D eigenvalue weighted by atomic mass is 9.93. The molecule has 2 N–H and O–H groups in total. The number of nitrogens with zero attached hydrogens (tertiary/aromatic N) is 2. The fourth-order valence-corrected chi connectivity index (χ4v) is 4.63. The Morgan fingerprint density at radius 3 is 2.71 bits per heavy atom. The molecule has 0 amide bonds. The van der Waals surface area contributed by atoms with Crippen molar-refractivity contribution >= 4 is 20.9 Å². The number of pyridine rings is 1. The van der Waals surface area contributed by atoms with Crippen LogP contribution in [0.2, 0.25) is 0 Å². The van der Waals surface area contributed by atoms with Gasteiger partial charge in [0.15, 0.2) is 0 Å². The average Bonchev–Trinajstić information content (AvgIpc) is 2.44. The van der Waals surface area contributed by atoms with Gasteiger partial charge in [0.2, 0.25) is 10.0 Å². The van der Waals surface area contributed by atoms with E-state index in [4.69, 9.17) is 5.73 Å². The van der Waals surface area contributed by atoms with Crippen LogP contribution >= 0.6 is 0 Å². The number of hydrogen-bond donors (Lipinski definition) is 1. The number of aromatic nitrogens is 1. The first-order valence-corrected chi connectivity index (χ1v) is 8.64. The van der Waals surface area contributed by atoms with Gasteiger partial charge in [-0.15, -0.1) is 0 Å². The highest BCUT2D eigenvalue weighted by atomic mass is 32.2. The van der Waals surface area contributed by atoms with E-state index in [1.54, 1.807) is 34.8 Å². The van der Waals surface area contributed by atoms with Gasteiger partial charge >= 0.3 is 0 Å². The van der Waals surface area contributed by atoms with Crippen molar-refractivity contribution in [3.63, 3.8) is 0 Å². The number of hydrogen-bond acceptors (Lipinski definition) is 4. The maximum atomic E-state index is 13.0. The van der Waals surface area contributed by atoms with Crippen LogP contribution < -0.4 is 5.73 Å². The average molecular weight is 305 g/mol. The molecule has 1 aromatic heterocycles. The van der Waals surface area contributed by atoms with Crippen molar-refractivity contribution in [3.05, 3.63) is 36.5 Å². The van der Waals surface area contributed by atoms with Crippen molar-refractivity contribution in [2.45, 2.75) is 30.2 Å². The van der Waals surface area contributed by atoms with Crippen molar-refractivity contribution in [1.29, 1.82) is 0 Å². The van der Waals surface area contributed by atoms with E-state index in [-0.39, 0.29) is 6.04 Å². The van der Waals surface area contributed by atoms with Gasteiger partial charge < -0.3 is 5.73 Å². The van der Waals surface area contributed by atoms with Crippen LogP contribution in [0.3, 0.4) is 0 Å². The SMILES string of the molecule is NCCN(C1CCC1)S(=O)(=O)c1cccc2ncccc12. The molecule has 1 heterocycles. The number of sulfonamides is 1. The smallest absolute Gasteiger partial charge is 0.244 e. The predicted molar refractivity (Wildman–Crippen MR) is 82.3 cm³/mol. The number of benzene rings is 1. The lowest BCUT2D eigenvalue weighted by Crippen LogP contribution is -2.46. The van der Waals surface area contributed by atoms with E-state index in [1.165, 1.54) is 0 Å². The third kappa shape index (κ3) is 2.54. The van der Waals surface area contributed by atoms with Crippen molar-refractivity contribution in [2.24, 2.45) is 5.73 Å². The third-order valence-corrected chi connectivity index (χ3v) is 6.03. The topological polar surface area (TPSA) is 76.3 Å². The standard InChI is InChI=1S/C15H19N3O2S/c16-9-11-18(12-4-1-5-12)21(19,20)15-8-2-7-14-13(15)6-3-10-17-14/h2-3,6-8,10,12H,1,4-5,9,11,16H2. The van der Waals surface area contributed by atoms with Gasteiger partial charge in [0.05, 0.1) is 10.4 Å². The van der Waals surface area contributed by atoms with Crippen LogP contribution in [0.15, 0.2) is 41.4 Å². The van der Waals surface area contributed by atoms with Crippen molar-refractivity contribution in [2.75, 3.05) is 13.1 Å². The van der Waals surface area contributed by atoms with Crippen LogP contribution in [0.5, 0.6) is 0 Å². The van der Waals surface area contributed by atoms with Crippen LogP contribution in [0.1, 0.15) is 19.3 Å². The van der Waals surface area contributed by atoms with Crippen LogP contribution in [0.25, 0.3) is 10.9 Å². The molecule has 1 aliphatic carbocycles. The molecule has 0 radical (unpaired) electrons. The Morgan fingerprint density at radius 1 is 1.24 bits per heavy atom. The summed E-state index contributed by atoms with van der Waals surface area (Å²) in [6.45, 7) is 0.697. The van der Waals surface area contributed by atoms with E-state index in [2.05, 4.69) is 4.98 Å². The summed E-state index contributed by atoms with van der Waals surface area (Å²) in [5, 5.41) is 0.668. The Bertz CT molecular complexity index is 736. The Morgan fingerprint density at radius 2 is 2.05 bits per heavy atom. The molecular weight excluding hydrogens is 286 g/mol. The van der Waals surface area contributed by atoms with Crippen LogP contribution in [-0.2, 0) is 10.0 Å². The summed E-state index contributed by atoms with van der Waals surface area (Å²) in [5.74, 6) is 0. The summed E-state index contributed by atoms with van der Waals surface area (Å²) in [4.78, 5) is 4.56. The Balaban J connectivity index is 2.10. The summed E-state index contributed by atoms with van der Waals surface area (Å²) < 4.78 is 27.6. The zero-order valence-corrected chi connectivity index (χ0v) is 12.6. The molecule has 0 atom stereocenters. The quantitative estimate of drug-likeness (QED) is 0.913. The minimum Gasteiger partial charge on any atom is -0.329 e. The van der Waals surface area contributed by atoms with Crippen LogP contribution in [0, 0.1) is 0 Å². The maximum absolute atomic E-state index is 13.0. The van der Waals surface area contributed by atoms with Crippen LogP contribution in [0.4, 0.5) is 0 Å². The van der Waals surface area contributed by atoms with Gasteiger partial charge in [-0.25, -0.2) is 8.42 Å². The molecule has 0 spiro atoms. The van der Waals surface area contributed by atoms with Gasteiger partial charge in [-0.3, -0.25) is 4.98 Å². The lowest BCUT2D eigenvalue weighted by molar-refractivity contribution is 0.223. The second-order valence-corrected chi connectivity index (χ2v) is 7.17. The molecule has 1 aliphatic rings. The summed E-state index contributed by atoms with van der Waals surface area (Å²) in [5.41, 5.74) is 6.31. The van der Waals surface area contributed by atoms with Crippen LogP contribution in [-0.4, -0.2) is 36.8 Å². The Kier molecular flexibility index (Phi) is 3.93. The number of rotatable bonds is 5. The second kappa shape index (κ2) is 5.71. The largest absolute Gasteiger partial charge is 0.329 e. The first-order chi connectivity index (χ1) is 10.1. The van der Waals surface area contributed by atoms with Crippen molar-refractivity contribution in [1.82, 2.24) is 9.29 Å². The molecule has 2 aromatic rings. The zero-order chi connectivity index (χ0) is 14.9. The van der Waals surface area contributed by atoms with E-state index in [0.29, 0.717) is 28.9 Å². The molecule has 21 heavy (non-hydrogen) atoms. The van der Waals surface area contributed by atoms with E-state index >= 15 is 0 Å². The summed E-state index contributed by atoms with van der Waals surface area (Å²) >= 11 is 0. The first kappa shape index (κ1) is 14.4. The van der Waals surface area contributed by atoms with E-state index in [0.717, 1.165) is 19.3 Å². The summed E-state index contributed by atoms with van der Waals surface area (Å²) in [6, 6.07) is 8.87. The molecule has 1 fully saturated rings. The van der Waals surface area contributed by atoms with Gasteiger partial charge in [-0.2, -0.15) is 4.31 Å². The minimum absolute atomic E-state index is 0.0884. The van der Waals surface area contributed by atoms with E-state index in [1.807, 2.05) is 6.07 Å². The molecule has 0 aliphatic heterocycles. The summed E-state index contributed by atoms with van der Waals surface area (Å²) in [7, 11) is -3.54. The molecule has 112 valence electrons. The highest BCUT2D eigenvalue weighted by molar-refractivity contribution is 7.89. The van der Waals surface area contributed by atoms with Gasteiger partial charge in [-0.1, -0.05) is 12.5 Å². The first-order valence-electron chi connectivity index (χ1n) is 7.20. The second-order valence-electron chi connectivity index (χ2n) is 5.32. The molecule has 3 rings (SSSR count). The number of fused-ring (bicyclic) bond motifs is 1. The highest BCUT2D eigenvalue weighted by Crippen LogP contribution is 2.31. The molecule has 0 bridgehead atoms. The lowest BCUT2D eigenvalue weighted by Gasteiger charge is -2.36. The molecule has 0 unspecified atom stereocenters. The molecule has 6 heteroatoms. The summed E-state index contributed by atoms with van der Waals surface area (Å²) in [6.07, 6.45) is 4.59. The molecule has 1 saturated carbocycles. The van der Waals surface area contributed by atoms with Crippen molar-refractivity contribution in [3.8, 4) is 0 Å². The molecular formula is C15H19N3O2S. The monoisotopic (exact) mass is 305 g/mol. The zero-order valence-electron chi connectivity index (χ0n) is 11.8. The molecule has 5 nitrogen and oxygen atoms in total. The fraction of sp³-hybridized carbons (Fsp3) is 0.400. The predicted octanol–water partition coefficient (Wildman–Crippen LogP) is 1.74. The van der Waals surface area contributed by atoms with Gasteiger partial charge in [0, 0.05) is 30.7 Å². The maximum Gasteiger partial charge on any atom is 0.244 e. The number of nitrogens with two attached hydrogens (primary N) is 1. The van der Waals surface area contributed by atoms with E-state index < -0.39 is 10.0 Å². The van der Waals surface area contributed by atoms with Gasteiger partial charge in [-0.05, 0) is 37.1 Å². The Hall–Kier alpha value is -1.50. The van der Waals surface area contributed by atoms with E-state index in [9.17, 15) is 8.42 Å². The van der Waals surface area contributed by atoms with Gasteiger partial charge in [0.25, 0.3) is 0 Å². The fourth-order valence-electron chi connectivity index (χ4n) is 2.73.